The van der Waals surface area contributed by atoms with Gasteiger partial charge in [0.15, 0.2) is 5.78 Å². The Bertz CT molecular complexity index is 669. The van der Waals surface area contributed by atoms with Crippen molar-refractivity contribution in [2.75, 3.05) is 0 Å². The van der Waals surface area contributed by atoms with Crippen LogP contribution in [0.5, 0.6) is 0 Å². The highest BCUT2D eigenvalue weighted by molar-refractivity contribution is 6.31. The lowest BCUT2D eigenvalue weighted by Crippen LogP contribution is -2.07. The molecule has 20 heavy (non-hydrogen) atoms. The van der Waals surface area contributed by atoms with Gasteiger partial charge in [0.2, 0.25) is 0 Å². The first-order valence-corrected chi connectivity index (χ1v) is 7.40. The highest BCUT2D eigenvalue weighted by Crippen LogP contribution is 2.25. The molecule has 4 nitrogen and oxygen atoms in total. The summed E-state index contributed by atoms with van der Waals surface area (Å²) in [4.78, 5) is 11.9. The number of fused-ring (bicyclic) bond motifs is 1. The van der Waals surface area contributed by atoms with E-state index >= 15 is 0 Å². The van der Waals surface area contributed by atoms with Gasteiger partial charge in [0.1, 0.15) is 0 Å². The molecule has 0 atom stereocenters. The van der Waals surface area contributed by atoms with Crippen molar-refractivity contribution in [1.29, 1.82) is 0 Å². The van der Waals surface area contributed by atoms with Crippen molar-refractivity contribution in [3.05, 3.63) is 39.9 Å². The molecule has 0 saturated heterocycles. The SMILES string of the molecule is CCc1nn(C)c(Cn2cc3c(c2)C(=O)CCC3)c1Cl. The summed E-state index contributed by atoms with van der Waals surface area (Å²) in [5, 5.41) is 5.17. The van der Waals surface area contributed by atoms with E-state index in [9.17, 15) is 4.79 Å². The smallest absolute Gasteiger partial charge is 0.164 e. The van der Waals surface area contributed by atoms with Crippen molar-refractivity contribution in [3.63, 3.8) is 0 Å². The second-order valence-corrected chi connectivity index (χ2v) is 5.71. The predicted octanol–water partition coefficient (Wildman–Crippen LogP) is 3.00. The lowest BCUT2D eigenvalue weighted by molar-refractivity contribution is 0.0973. The maximum Gasteiger partial charge on any atom is 0.164 e. The molecule has 0 fully saturated rings. The number of ketones is 1. The van der Waals surface area contributed by atoms with Crippen LogP contribution in [-0.2, 0) is 26.4 Å². The number of hydrogen-bond acceptors (Lipinski definition) is 2. The number of halogens is 1. The molecule has 5 heteroatoms. The van der Waals surface area contributed by atoms with Crippen LogP contribution in [-0.4, -0.2) is 20.1 Å². The van der Waals surface area contributed by atoms with Gasteiger partial charge in [-0.3, -0.25) is 9.48 Å². The van der Waals surface area contributed by atoms with Crippen LogP contribution in [0.1, 0.15) is 47.1 Å². The van der Waals surface area contributed by atoms with Gasteiger partial charge in [-0.25, -0.2) is 0 Å². The highest BCUT2D eigenvalue weighted by Gasteiger charge is 2.20. The summed E-state index contributed by atoms with van der Waals surface area (Å²) in [6, 6.07) is 0. The molecular weight excluding hydrogens is 274 g/mol. The number of rotatable bonds is 3. The lowest BCUT2D eigenvalue weighted by Gasteiger charge is -2.07. The molecule has 2 heterocycles. The third kappa shape index (κ3) is 2.18. The average Bonchev–Trinajstić information content (AvgIpc) is 2.95. The third-order valence-electron chi connectivity index (χ3n) is 3.95. The van der Waals surface area contributed by atoms with Gasteiger partial charge in [0.25, 0.3) is 0 Å². The first-order chi connectivity index (χ1) is 9.60. The van der Waals surface area contributed by atoms with E-state index in [4.69, 9.17) is 11.6 Å². The Labute approximate surface area is 123 Å². The molecule has 106 valence electrons. The molecule has 0 N–H and O–H groups in total. The quantitative estimate of drug-likeness (QED) is 0.872. The summed E-state index contributed by atoms with van der Waals surface area (Å²) in [7, 11) is 1.91. The van der Waals surface area contributed by atoms with Gasteiger partial charge in [-0.1, -0.05) is 18.5 Å². The van der Waals surface area contributed by atoms with E-state index in [-0.39, 0.29) is 5.78 Å². The van der Waals surface area contributed by atoms with Crippen LogP contribution >= 0.6 is 11.6 Å². The van der Waals surface area contributed by atoms with Crippen molar-refractivity contribution < 1.29 is 4.79 Å². The molecule has 2 aromatic heterocycles. The summed E-state index contributed by atoms with van der Waals surface area (Å²) < 4.78 is 3.89. The number of carbonyl (C=O) groups excluding carboxylic acids is 1. The van der Waals surface area contributed by atoms with Gasteiger partial charge in [-0.2, -0.15) is 5.10 Å². The number of nitrogens with zero attached hydrogens (tertiary/aromatic N) is 3. The van der Waals surface area contributed by atoms with E-state index in [0.29, 0.717) is 13.0 Å². The summed E-state index contributed by atoms with van der Waals surface area (Å²) in [6.07, 6.45) is 7.47. The second kappa shape index (κ2) is 5.09. The summed E-state index contributed by atoms with van der Waals surface area (Å²) in [6.45, 7) is 2.70. The van der Waals surface area contributed by atoms with Crippen LogP contribution in [0.3, 0.4) is 0 Å². The van der Waals surface area contributed by atoms with Crippen molar-refractivity contribution in [3.8, 4) is 0 Å². The van der Waals surface area contributed by atoms with Crippen LogP contribution in [0.15, 0.2) is 12.4 Å². The van der Waals surface area contributed by atoms with Gasteiger partial charge in [0.05, 0.1) is 23.0 Å². The second-order valence-electron chi connectivity index (χ2n) is 5.33. The number of aromatic nitrogens is 3. The first-order valence-electron chi connectivity index (χ1n) is 7.02. The van der Waals surface area contributed by atoms with Crippen LogP contribution in [0.4, 0.5) is 0 Å². The molecule has 0 amide bonds. The van der Waals surface area contributed by atoms with E-state index in [0.717, 1.165) is 46.8 Å². The Kier molecular flexibility index (Phi) is 3.42. The van der Waals surface area contributed by atoms with Crippen molar-refractivity contribution in [2.45, 2.75) is 39.2 Å². The largest absolute Gasteiger partial charge is 0.347 e. The highest BCUT2D eigenvalue weighted by atomic mass is 35.5. The molecule has 0 bridgehead atoms. The fraction of sp³-hybridized carbons (Fsp3) is 0.467. The average molecular weight is 292 g/mol. The molecule has 0 unspecified atom stereocenters. The maximum absolute atomic E-state index is 11.9. The third-order valence-corrected chi connectivity index (χ3v) is 4.38. The Morgan fingerprint density at radius 2 is 2.15 bits per heavy atom. The van der Waals surface area contributed by atoms with E-state index in [1.165, 1.54) is 0 Å². The van der Waals surface area contributed by atoms with E-state index in [1.807, 2.05) is 24.9 Å². The molecule has 2 aromatic rings. The Morgan fingerprint density at radius 3 is 2.80 bits per heavy atom. The number of aryl methyl sites for hydroxylation is 3. The van der Waals surface area contributed by atoms with E-state index in [2.05, 4.69) is 15.9 Å². The van der Waals surface area contributed by atoms with Crippen LogP contribution < -0.4 is 0 Å². The fourth-order valence-electron chi connectivity index (χ4n) is 2.84. The van der Waals surface area contributed by atoms with Gasteiger partial charge in [0, 0.05) is 31.4 Å². The first kappa shape index (κ1) is 13.4. The normalized spacial score (nSPS) is 14.7. The minimum atomic E-state index is 0.260. The van der Waals surface area contributed by atoms with Crippen molar-refractivity contribution in [1.82, 2.24) is 14.3 Å². The maximum atomic E-state index is 11.9. The molecule has 0 aromatic carbocycles. The molecule has 0 spiro atoms. The Balaban J connectivity index is 1.92. The van der Waals surface area contributed by atoms with E-state index in [1.54, 1.807) is 0 Å². The topological polar surface area (TPSA) is 39.8 Å². The Morgan fingerprint density at radius 1 is 1.35 bits per heavy atom. The minimum Gasteiger partial charge on any atom is -0.347 e. The molecule has 0 saturated carbocycles. The standard InChI is InChI=1S/C15H18ClN3O/c1-3-12-15(16)13(18(2)17-12)9-19-7-10-5-4-6-14(20)11(10)8-19/h7-8H,3-6,9H2,1-2H3. The fourth-order valence-corrected chi connectivity index (χ4v) is 3.19. The summed E-state index contributed by atoms with van der Waals surface area (Å²) in [5.74, 6) is 0.260. The molecule has 3 rings (SSSR count). The molecular formula is C15H18ClN3O. The zero-order valence-corrected chi connectivity index (χ0v) is 12.6. The van der Waals surface area contributed by atoms with Crippen molar-refractivity contribution >= 4 is 17.4 Å². The molecule has 0 aliphatic heterocycles. The zero-order valence-electron chi connectivity index (χ0n) is 11.8. The number of carbonyl (C=O) groups is 1. The van der Waals surface area contributed by atoms with Crippen LogP contribution in [0.25, 0.3) is 0 Å². The summed E-state index contributed by atoms with van der Waals surface area (Å²) >= 11 is 6.37. The van der Waals surface area contributed by atoms with Gasteiger partial charge < -0.3 is 4.57 Å². The molecule has 0 radical (unpaired) electrons. The van der Waals surface area contributed by atoms with Gasteiger partial charge >= 0.3 is 0 Å². The number of hydrogen-bond donors (Lipinski definition) is 0. The monoisotopic (exact) mass is 291 g/mol. The number of Topliss-reactive ketones (excluding diaryl/α,β-unsaturated/α-hetero) is 1. The summed E-state index contributed by atoms with van der Waals surface area (Å²) in [5.41, 5.74) is 3.96. The zero-order chi connectivity index (χ0) is 14.3. The predicted molar refractivity (Wildman–Crippen MR) is 78.4 cm³/mol. The van der Waals surface area contributed by atoms with Crippen molar-refractivity contribution in [2.24, 2.45) is 7.05 Å². The van der Waals surface area contributed by atoms with Gasteiger partial charge in [-0.15, -0.1) is 0 Å². The Hall–Kier alpha value is -1.55. The lowest BCUT2D eigenvalue weighted by atomic mass is 9.95. The van der Waals surface area contributed by atoms with Gasteiger partial charge in [-0.05, 0) is 24.8 Å². The van der Waals surface area contributed by atoms with E-state index < -0.39 is 0 Å². The van der Waals surface area contributed by atoms with Crippen LogP contribution in [0, 0.1) is 0 Å². The minimum absolute atomic E-state index is 0.260. The van der Waals surface area contributed by atoms with Crippen LogP contribution in [0.2, 0.25) is 5.02 Å². The molecule has 1 aliphatic rings. The molecule has 1 aliphatic carbocycles.